The molecule has 0 atom stereocenters. The van der Waals surface area contributed by atoms with Crippen LogP contribution in [0.2, 0.25) is 0 Å². The van der Waals surface area contributed by atoms with E-state index in [9.17, 15) is 19.2 Å². The number of rotatable bonds is 6. The number of nitrogens with one attached hydrogen (secondary N) is 2. The molecule has 4 amide bonds. The lowest BCUT2D eigenvalue weighted by atomic mass is 10.2. The highest BCUT2D eigenvalue weighted by Gasteiger charge is 2.36. The molecule has 264 valence electrons. The van der Waals surface area contributed by atoms with Gasteiger partial charge in [-0.15, -0.1) is 23.2 Å². The molecule has 12 nitrogen and oxygen atoms in total. The average molecular weight is 710 g/mol. The van der Waals surface area contributed by atoms with E-state index >= 15 is 0 Å². The van der Waals surface area contributed by atoms with Crippen molar-refractivity contribution in [2.24, 2.45) is 0 Å². The fourth-order valence-corrected chi connectivity index (χ4v) is 3.57. The van der Waals surface area contributed by atoms with E-state index < -0.39 is 35.6 Å². The van der Waals surface area contributed by atoms with Gasteiger partial charge in [0.05, 0.1) is 13.1 Å². The van der Waals surface area contributed by atoms with Crippen molar-refractivity contribution >= 4 is 47.6 Å². The van der Waals surface area contributed by atoms with E-state index in [2.05, 4.69) is 24.0 Å². The van der Waals surface area contributed by atoms with Crippen molar-refractivity contribution in [3.63, 3.8) is 0 Å². The highest BCUT2D eigenvalue weighted by molar-refractivity contribution is 6.23. The monoisotopic (exact) mass is 708 g/mol. The van der Waals surface area contributed by atoms with Gasteiger partial charge in [0.2, 0.25) is 0 Å². The lowest BCUT2D eigenvalue weighted by molar-refractivity contribution is -0.0265. The van der Waals surface area contributed by atoms with Crippen molar-refractivity contribution in [3.8, 4) is 0 Å². The van der Waals surface area contributed by atoms with E-state index in [1.165, 1.54) is 10.0 Å². The average Bonchev–Trinajstić information content (AvgIpc) is 3.43. The third kappa shape index (κ3) is 18.7. The van der Waals surface area contributed by atoms with Crippen LogP contribution in [-0.2, 0) is 32.2 Å². The van der Waals surface area contributed by atoms with Crippen molar-refractivity contribution in [3.05, 3.63) is 96.1 Å². The number of benzene rings is 2. The van der Waals surface area contributed by atoms with E-state index in [-0.39, 0.29) is 26.3 Å². The van der Waals surface area contributed by atoms with Crippen molar-refractivity contribution in [1.29, 1.82) is 0 Å². The van der Waals surface area contributed by atoms with Gasteiger partial charge in [-0.3, -0.25) is 0 Å². The molecular formula is C34H46Cl2N4O8. The Kier molecular flexibility index (Phi) is 18.0. The van der Waals surface area contributed by atoms with E-state index in [0.29, 0.717) is 11.8 Å². The van der Waals surface area contributed by atoms with Gasteiger partial charge in [0.15, 0.2) is 0 Å². The van der Waals surface area contributed by atoms with E-state index in [1.54, 1.807) is 41.5 Å². The lowest BCUT2D eigenvalue weighted by Crippen LogP contribution is -2.47. The van der Waals surface area contributed by atoms with E-state index in [0.717, 1.165) is 22.3 Å². The molecule has 1 saturated heterocycles. The van der Waals surface area contributed by atoms with Crippen LogP contribution >= 0.6 is 23.2 Å². The van der Waals surface area contributed by atoms with Gasteiger partial charge in [-0.2, -0.15) is 0 Å². The Bertz CT molecular complexity index is 1340. The van der Waals surface area contributed by atoms with E-state index in [4.69, 9.17) is 42.1 Å². The molecule has 0 aromatic heterocycles. The van der Waals surface area contributed by atoms with Gasteiger partial charge in [0.25, 0.3) is 0 Å². The second-order valence-electron chi connectivity index (χ2n) is 12.2. The van der Waals surface area contributed by atoms with Gasteiger partial charge in [0.1, 0.15) is 24.4 Å². The molecule has 2 aromatic rings. The van der Waals surface area contributed by atoms with Crippen LogP contribution in [0.4, 0.5) is 19.2 Å². The molecule has 48 heavy (non-hydrogen) atoms. The molecule has 1 aliphatic rings. The molecule has 1 fully saturated rings. The van der Waals surface area contributed by atoms with Crippen LogP contribution < -0.4 is 10.9 Å². The molecule has 2 aromatic carbocycles. The maximum absolute atomic E-state index is 12.3. The number of halogens is 2. The lowest BCUT2D eigenvalue weighted by Gasteiger charge is -2.29. The third-order valence-corrected chi connectivity index (χ3v) is 6.07. The van der Waals surface area contributed by atoms with Gasteiger partial charge < -0.3 is 18.9 Å². The quantitative estimate of drug-likeness (QED) is 0.135. The predicted octanol–water partition coefficient (Wildman–Crippen LogP) is 7.72. The minimum absolute atomic E-state index is 0.128. The summed E-state index contributed by atoms with van der Waals surface area (Å²) in [5.74, 6) is 0.951. The second kappa shape index (κ2) is 20.7. The summed E-state index contributed by atoms with van der Waals surface area (Å²) >= 11 is 10.5. The topological polar surface area (TPSA) is 136 Å². The minimum atomic E-state index is -0.755. The summed E-state index contributed by atoms with van der Waals surface area (Å²) in [7, 11) is 0. The summed E-state index contributed by atoms with van der Waals surface area (Å²) < 4.78 is 20.4. The van der Waals surface area contributed by atoms with Crippen LogP contribution in [0.3, 0.4) is 0 Å². The van der Waals surface area contributed by atoms with Crippen LogP contribution in [0.15, 0.2) is 85.0 Å². The Hall–Kier alpha value is -4.42. The van der Waals surface area contributed by atoms with Crippen molar-refractivity contribution in [2.75, 3.05) is 24.8 Å². The summed E-state index contributed by atoms with van der Waals surface area (Å²) in [6, 6.07) is 18.6. The van der Waals surface area contributed by atoms with Crippen LogP contribution in [0, 0.1) is 0 Å². The first-order valence-corrected chi connectivity index (χ1v) is 15.9. The number of allylic oxidation sites excluding steroid dienone is 1. The zero-order chi connectivity index (χ0) is 36.3. The van der Waals surface area contributed by atoms with Crippen LogP contribution in [0.1, 0.15) is 52.7 Å². The van der Waals surface area contributed by atoms with E-state index in [1.807, 2.05) is 60.7 Å². The molecule has 0 radical (unpaired) electrons. The second-order valence-corrected chi connectivity index (χ2v) is 12.8. The Morgan fingerprint density at radius 2 is 1.10 bits per heavy atom. The molecular weight excluding hydrogens is 663 g/mol. The predicted molar refractivity (Wildman–Crippen MR) is 185 cm³/mol. The number of carbonyl (C=O) groups is 4. The Balaban J connectivity index is 0.000000416. The number of hydrogen-bond acceptors (Lipinski definition) is 8. The zero-order valence-corrected chi connectivity index (χ0v) is 29.9. The molecule has 2 N–H and O–H groups in total. The molecule has 0 saturated carbocycles. The molecule has 3 rings (SSSR count). The van der Waals surface area contributed by atoms with Crippen molar-refractivity contribution in [2.45, 2.75) is 66.0 Å². The number of alkyl halides is 2. The molecule has 1 aliphatic heterocycles. The summed E-state index contributed by atoms with van der Waals surface area (Å²) in [5, 5.41) is 2.44. The molecule has 0 unspecified atom stereocenters. The Morgan fingerprint density at radius 3 is 1.52 bits per heavy atom. The largest absolute Gasteiger partial charge is 0.443 e. The summed E-state index contributed by atoms with van der Waals surface area (Å²) in [5.41, 5.74) is 6.27. The summed E-state index contributed by atoms with van der Waals surface area (Å²) in [4.78, 5) is 47.0. The molecule has 14 heteroatoms. The standard InChI is InChI=1S/C17H22N2O4.C13H18N2O4.C4H6Cl2/c1-13-10-18(19(11-13)16(21)23-17(2,3)4)15(20)22-12-14-8-6-5-7-9-14;1-13(2,3)19-12(17)15-14-11(16)18-9-10-7-5-4-6-8-10;1-4(2-5)3-6/h5-9H,1,10-12H2,2-4H3;4-8H,9H2,1-3H3,(H,14,16)(H,15,17);1-3H2. The molecule has 0 bridgehead atoms. The van der Waals surface area contributed by atoms with Crippen LogP contribution in [-0.4, -0.2) is 70.4 Å². The first-order valence-electron chi connectivity index (χ1n) is 14.8. The summed E-state index contributed by atoms with van der Waals surface area (Å²) in [6.45, 7) is 18.6. The van der Waals surface area contributed by atoms with Crippen LogP contribution in [0.25, 0.3) is 0 Å². The first kappa shape index (κ1) is 41.6. The van der Waals surface area contributed by atoms with Gasteiger partial charge in [-0.05, 0) is 63.8 Å². The summed E-state index contributed by atoms with van der Waals surface area (Å²) in [6.07, 6.45) is -2.69. The Labute approximate surface area is 292 Å². The van der Waals surface area contributed by atoms with Gasteiger partial charge in [-0.25, -0.2) is 40.0 Å². The van der Waals surface area contributed by atoms with Crippen molar-refractivity contribution < 1.29 is 38.1 Å². The van der Waals surface area contributed by atoms with Gasteiger partial charge in [-0.1, -0.05) is 73.8 Å². The SMILES string of the molecule is C=C(CCl)CCl.C=C1CN(C(=O)OCc2ccccc2)N(C(=O)OC(C)(C)C)C1.CC(C)(C)OC(=O)NNC(=O)OCc1ccccc1. The molecule has 1 heterocycles. The minimum Gasteiger partial charge on any atom is -0.443 e. The number of carbonyl (C=O) groups excluding carboxylic acids is 4. The maximum atomic E-state index is 12.3. The van der Waals surface area contributed by atoms with Gasteiger partial charge in [0, 0.05) is 11.8 Å². The normalized spacial score (nSPS) is 12.3. The fraction of sp³-hybridized carbons (Fsp3) is 0.412. The van der Waals surface area contributed by atoms with Crippen LogP contribution in [0.5, 0.6) is 0 Å². The fourth-order valence-electron chi connectivity index (χ4n) is 3.28. The number of ether oxygens (including phenoxy) is 4. The molecule has 0 aliphatic carbocycles. The maximum Gasteiger partial charge on any atom is 0.429 e. The zero-order valence-electron chi connectivity index (χ0n) is 28.3. The highest BCUT2D eigenvalue weighted by atomic mass is 35.5. The van der Waals surface area contributed by atoms with Gasteiger partial charge >= 0.3 is 24.4 Å². The Morgan fingerprint density at radius 1 is 0.688 bits per heavy atom. The first-order chi connectivity index (χ1) is 22.4. The smallest absolute Gasteiger partial charge is 0.429 e. The van der Waals surface area contributed by atoms with Crippen molar-refractivity contribution in [1.82, 2.24) is 20.9 Å². The number of nitrogens with zero attached hydrogens (tertiary/aromatic N) is 2. The highest BCUT2D eigenvalue weighted by Crippen LogP contribution is 2.20. The third-order valence-electron chi connectivity index (χ3n) is 5.31. The molecule has 0 spiro atoms. The number of hydrogen-bond donors (Lipinski definition) is 2. The number of hydrazine groups is 2. The number of amides is 4.